The first kappa shape index (κ1) is 17.9. The number of piperidine rings is 1. The summed E-state index contributed by atoms with van der Waals surface area (Å²) < 4.78 is 0. The van der Waals surface area contributed by atoms with E-state index in [4.69, 9.17) is 0 Å². The monoisotopic (exact) mass is 320 g/mol. The normalized spacial score (nSPS) is 25.3. The summed E-state index contributed by atoms with van der Waals surface area (Å²) in [5.41, 5.74) is 1.28. The Hall–Kier alpha value is -1.43. The second-order valence-corrected chi connectivity index (χ2v) is 6.20. The molecule has 23 heavy (non-hydrogen) atoms. The first-order chi connectivity index (χ1) is 11.2. The third kappa shape index (κ3) is 5.03. The van der Waals surface area contributed by atoms with Crippen LogP contribution in [0.3, 0.4) is 0 Å². The van der Waals surface area contributed by atoms with Crippen molar-refractivity contribution in [3.05, 3.63) is 35.9 Å². The van der Waals surface area contributed by atoms with Crippen LogP contribution in [-0.4, -0.2) is 58.9 Å². The first-order valence-electron chi connectivity index (χ1n) is 8.52. The van der Waals surface area contributed by atoms with Crippen molar-refractivity contribution in [2.24, 2.45) is 0 Å². The minimum absolute atomic E-state index is 0.0295. The number of nitrogens with zero attached hydrogens (tertiary/aromatic N) is 1. The Bertz CT molecular complexity index is 480. The van der Waals surface area contributed by atoms with Crippen molar-refractivity contribution in [3.8, 4) is 0 Å². The molecular weight excluding hydrogens is 292 g/mol. The Morgan fingerprint density at radius 2 is 2.04 bits per heavy atom. The van der Waals surface area contributed by atoms with E-state index >= 15 is 0 Å². The molecule has 2 rings (SSSR count). The van der Waals surface area contributed by atoms with E-state index in [-0.39, 0.29) is 24.6 Å². The summed E-state index contributed by atoms with van der Waals surface area (Å²) in [4.78, 5) is 14.4. The number of rotatable bonds is 7. The molecule has 1 aromatic carbocycles. The molecule has 0 saturated carbocycles. The van der Waals surface area contributed by atoms with Crippen LogP contribution in [0, 0.1) is 0 Å². The van der Waals surface area contributed by atoms with Gasteiger partial charge in [-0.05, 0) is 44.7 Å². The molecule has 0 bridgehead atoms. The van der Waals surface area contributed by atoms with Gasteiger partial charge in [-0.15, -0.1) is 0 Å². The number of hydrogen-bond donors (Lipinski definition) is 3. The summed E-state index contributed by atoms with van der Waals surface area (Å²) in [5, 5.41) is 22.5. The molecule has 5 nitrogen and oxygen atoms in total. The zero-order valence-corrected chi connectivity index (χ0v) is 13.8. The molecule has 1 saturated heterocycles. The molecular formula is C18H28N2O3. The van der Waals surface area contributed by atoms with E-state index in [1.54, 1.807) is 0 Å². The average Bonchev–Trinajstić information content (AvgIpc) is 2.56. The van der Waals surface area contributed by atoms with Crippen LogP contribution in [-0.2, 0) is 11.2 Å². The smallest absolute Gasteiger partial charge is 0.237 e. The standard InChI is InChI=1S/C18H28N2O3/c1-2-19-18(23)17-12-16(22)11-15(13-21)20(17)10-6-9-14-7-4-3-5-8-14/h3-5,7-8,15-17,21-22H,2,6,9-13H2,1H3,(H,19,23). The number of nitrogens with one attached hydrogen (secondary N) is 1. The number of carbonyl (C=O) groups is 1. The maximum atomic E-state index is 12.3. The van der Waals surface area contributed by atoms with E-state index in [2.05, 4.69) is 22.3 Å². The minimum atomic E-state index is -0.523. The summed E-state index contributed by atoms with van der Waals surface area (Å²) in [6.07, 6.45) is 2.31. The van der Waals surface area contributed by atoms with Gasteiger partial charge in [-0.2, -0.15) is 0 Å². The van der Waals surface area contributed by atoms with Gasteiger partial charge in [-0.25, -0.2) is 0 Å². The maximum absolute atomic E-state index is 12.3. The molecule has 5 heteroatoms. The van der Waals surface area contributed by atoms with Crippen molar-refractivity contribution in [1.29, 1.82) is 0 Å². The van der Waals surface area contributed by atoms with Crippen molar-refractivity contribution in [2.75, 3.05) is 19.7 Å². The summed E-state index contributed by atoms with van der Waals surface area (Å²) in [5.74, 6) is -0.0515. The van der Waals surface area contributed by atoms with Gasteiger partial charge in [0, 0.05) is 12.6 Å². The molecule has 1 amide bonds. The highest BCUT2D eigenvalue weighted by molar-refractivity contribution is 5.81. The zero-order chi connectivity index (χ0) is 16.7. The summed E-state index contributed by atoms with van der Waals surface area (Å²) in [6, 6.07) is 9.76. The van der Waals surface area contributed by atoms with Crippen LogP contribution in [0.4, 0.5) is 0 Å². The molecule has 1 aromatic rings. The van der Waals surface area contributed by atoms with Crippen molar-refractivity contribution in [2.45, 2.75) is 50.8 Å². The fourth-order valence-electron chi connectivity index (χ4n) is 3.37. The Kier molecular flexibility index (Phi) is 7.02. The van der Waals surface area contributed by atoms with E-state index < -0.39 is 6.10 Å². The second kappa shape index (κ2) is 9.01. The van der Waals surface area contributed by atoms with Gasteiger partial charge < -0.3 is 15.5 Å². The quantitative estimate of drug-likeness (QED) is 0.699. The molecule has 0 aromatic heterocycles. The molecule has 3 atom stereocenters. The van der Waals surface area contributed by atoms with Gasteiger partial charge in [0.15, 0.2) is 0 Å². The fraction of sp³-hybridized carbons (Fsp3) is 0.611. The largest absolute Gasteiger partial charge is 0.395 e. The topological polar surface area (TPSA) is 72.8 Å². The third-order valence-corrected chi connectivity index (χ3v) is 4.50. The number of likely N-dealkylation sites (tertiary alicyclic amines) is 1. The highest BCUT2D eigenvalue weighted by Gasteiger charge is 2.37. The maximum Gasteiger partial charge on any atom is 0.237 e. The molecule has 3 N–H and O–H groups in total. The lowest BCUT2D eigenvalue weighted by Crippen LogP contribution is -2.58. The number of benzene rings is 1. The molecule has 0 radical (unpaired) electrons. The molecule has 3 unspecified atom stereocenters. The van der Waals surface area contributed by atoms with Crippen LogP contribution in [0.15, 0.2) is 30.3 Å². The average molecular weight is 320 g/mol. The highest BCUT2D eigenvalue weighted by Crippen LogP contribution is 2.24. The zero-order valence-electron chi connectivity index (χ0n) is 13.8. The molecule has 1 aliphatic rings. The number of aryl methyl sites for hydroxylation is 1. The van der Waals surface area contributed by atoms with Gasteiger partial charge in [0.05, 0.1) is 18.8 Å². The fourth-order valence-corrected chi connectivity index (χ4v) is 3.37. The lowest BCUT2D eigenvalue weighted by atomic mass is 9.92. The summed E-state index contributed by atoms with van der Waals surface area (Å²) in [6.45, 7) is 3.18. The van der Waals surface area contributed by atoms with Crippen molar-refractivity contribution in [3.63, 3.8) is 0 Å². The van der Waals surface area contributed by atoms with Crippen LogP contribution in [0.2, 0.25) is 0 Å². The number of hydrogen-bond acceptors (Lipinski definition) is 4. The lowest BCUT2D eigenvalue weighted by Gasteiger charge is -2.42. The Morgan fingerprint density at radius 1 is 1.30 bits per heavy atom. The van der Waals surface area contributed by atoms with E-state index in [9.17, 15) is 15.0 Å². The summed E-state index contributed by atoms with van der Waals surface area (Å²) >= 11 is 0. The first-order valence-corrected chi connectivity index (χ1v) is 8.52. The van der Waals surface area contributed by atoms with Gasteiger partial charge in [-0.1, -0.05) is 30.3 Å². The van der Waals surface area contributed by atoms with Gasteiger partial charge in [-0.3, -0.25) is 9.69 Å². The number of carbonyl (C=O) groups excluding carboxylic acids is 1. The predicted molar refractivity (Wildman–Crippen MR) is 90.1 cm³/mol. The van der Waals surface area contributed by atoms with E-state index in [0.29, 0.717) is 19.4 Å². The second-order valence-electron chi connectivity index (χ2n) is 6.20. The molecule has 1 fully saturated rings. The van der Waals surface area contributed by atoms with E-state index in [1.165, 1.54) is 5.56 Å². The van der Waals surface area contributed by atoms with Crippen LogP contribution in [0.25, 0.3) is 0 Å². The van der Waals surface area contributed by atoms with Crippen molar-refractivity contribution in [1.82, 2.24) is 10.2 Å². The van der Waals surface area contributed by atoms with E-state index in [0.717, 1.165) is 19.4 Å². The Labute approximate surface area is 138 Å². The summed E-state index contributed by atoms with van der Waals surface area (Å²) in [7, 11) is 0. The number of amides is 1. The molecule has 128 valence electrons. The number of likely N-dealkylation sites (N-methyl/N-ethyl adjacent to an activating group) is 1. The Morgan fingerprint density at radius 3 is 2.70 bits per heavy atom. The molecule has 0 aliphatic carbocycles. The number of aliphatic hydroxyl groups excluding tert-OH is 2. The minimum Gasteiger partial charge on any atom is -0.395 e. The van der Waals surface area contributed by atoms with Gasteiger partial charge in [0.25, 0.3) is 0 Å². The molecule has 0 spiro atoms. The van der Waals surface area contributed by atoms with Crippen molar-refractivity contribution < 1.29 is 15.0 Å². The van der Waals surface area contributed by atoms with Crippen LogP contribution in [0.5, 0.6) is 0 Å². The highest BCUT2D eigenvalue weighted by atomic mass is 16.3. The third-order valence-electron chi connectivity index (χ3n) is 4.50. The van der Waals surface area contributed by atoms with Crippen molar-refractivity contribution >= 4 is 5.91 Å². The van der Waals surface area contributed by atoms with Gasteiger partial charge in [0.1, 0.15) is 0 Å². The van der Waals surface area contributed by atoms with E-state index in [1.807, 2.05) is 25.1 Å². The lowest BCUT2D eigenvalue weighted by molar-refractivity contribution is -0.132. The number of aliphatic hydroxyl groups is 2. The SMILES string of the molecule is CCNC(=O)C1CC(O)CC(CO)N1CCCc1ccccc1. The van der Waals surface area contributed by atoms with Crippen LogP contribution < -0.4 is 5.32 Å². The van der Waals surface area contributed by atoms with Gasteiger partial charge in [0.2, 0.25) is 5.91 Å². The van der Waals surface area contributed by atoms with Crippen LogP contribution >= 0.6 is 0 Å². The Balaban J connectivity index is 1.98. The predicted octanol–water partition coefficient (Wildman–Crippen LogP) is 0.942. The molecule has 1 heterocycles. The van der Waals surface area contributed by atoms with Gasteiger partial charge >= 0.3 is 0 Å². The molecule has 1 aliphatic heterocycles. The van der Waals surface area contributed by atoms with Crippen LogP contribution in [0.1, 0.15) is 31.7 Å².